The third-order valence-electron chi connectivity index (χ3n) is 5.74. The van der Waals surface area contributed by atoms with Gasteiger partial charge in [-0.05, 0) is 55.0 Å². The number of carbonyl (C=O) groups is 1. The molecule has 198 valence electrons. The van der Waals surface area contributed by atoms with Crippen LogP contribution in [-0.4, -0.2) is 44.3 Å². The molecule has 38 heavy (non-hydrogen) atoms. The van der Waals surface area contributed by atoms with Crippen molar-refractivity contribution in [3.63, 3.8) is 0 Å². The van der Waals surface area contributed by atoms with Gasteiger partial charge >= 0.3 is 0 Å². The van der Waals surface area contributed by atoms with Crippen molar-refractivity contribution in [3.05, 3.63) is 89.1 Å². The standard InChI is InChI=1S/C27H27FN4O4S2/c1-18-4-11-22(12-5-18)38(34,35)32(15-19-6-9-21(28)10-7-19)16-26(33)30-23-14-20(8-13-25(23)36-3)24-17-37-27(29-2)31-24/h4-14,17H,15-16H2,1-3H3,(H,29,31)(H,30,33). The fourth-order valence-corrected chi connectivity index (χ4v) is 5.78. The highest BCUT2D eigenvalue weighted by atomic mass is 32.2. The molecule has 1 aromatic heterocycles. The van der Waals surface area contributed by atoms with Crippen LogP contribution in [0.2, 0.25) is 0 Å². The molecular formula is C27H27FN4O4S2. The van der Waals surface area contributed by atoms with Crippen LogP contribution >= 0.6 is 11.3 Å². The number of hydrogen-bond donors (Lipinski definition) is 2. The molecule has 0 radical (unpaired) electrons. The molecular weight excluding hydrogens is 527 g/mol. The first kappa shape index (κ1) is 27.2. The third kappa shape index (κ3) is 6.36. The van der Waals surface area contributed by atoms with Crippen molar-refractivity contribution in [1.82, 2.24) is 9.29 Å². The predicted molar refractivity (Wildman–Crippen MR) is 147 cm³/mol. The Bertz CT molecular complexity index is 1520. The minimum absolute atomic E-state index is 0.0569. The van der Waals surface area contributed by atoms with Gasteiger partial charge in [-0.1, -0.05) is 29.8 Å². The molecule has 0 unspecified atom stereocenters. The van der Waals surface area contributed by atoms with Crippen LogP contribution in [0.25, 0.3) is 11.3 Å². The number of hydrogen-bond acceptors (Lipinski definition) is 7. The zero-order valence-electron chi connectivity index (χ0n) is 21.1. The number of benzene rings is 3. The van der Waals surface area contributed by atoms with Gasteiger partial charge in [-0.2, -0.15) is 4.31 Å². The Hall–Kier alpha value is -3.80. The van der Waals surface area contributed by atoms with Gasteiger partial charge < -0.3 is 15.4 Å². The maximum absolute atomic E-state index is 13.5. The van der Waals surface area contributed by atoms with Crippen LogP contribution in [0, 0.1) is 12.7 Å². The predicted octanol–water partition coefficient (Wildman–Crippen LogP) is 5.14. The van der Waals surface area contributed by atoms with Gasteiger partial charge in [0.05, 0.1) is 29.9 Å². The van der Waals surface area contributed by atoms with Crippen molar-refractivity contribution in [2.75, 3.05) is 31.3 Å². The fourth-order valence-electron chi connectivity index (χ4n) is 3.71. The molecule has 11 heteroatoms. The smallest absolute Gasteiger partial charge is 0.243 e. The van der Waals surface area contributed by atoms with Crippen molar-refractivity contribution in [3.8, 4) is 17.0 Å². The van der Waals surface area contributed by atoms with Crippen LogP contribution in [0.5, 0.6) is 5.75 Å². The second kappa shape index (κ2) is 11.7. The summed E-state index contributed by atoms with van der Waals surface area (Å²) < 4.78 is 47.0. The zero-order valence-corrected chi connectivity index (χ0v) is 22.7. The number of carbonyl (C=O) groups excluding carboxylic acids is 1. The average Bonchev–Trinajstić information content (AvgIpc) is 3.39. The molecule has 0 fully saturated rings. The number of anilines is 2. The van der Waals surface area contributed by atoms with Crippen LogP contribution in [0.15, 0.2) is 77.0 Å². The van der Waals surface area contributed by atoms with Crippen molar-refractivity contribution >= 4 is 38.1 Å². The maximum Gasteiger partial charge on any atom is 0.243 e. The summed E-state index contributed by atoms with van der Waals surface area (Å²) in [6, 6.07) is 17.1. The summed E-state index contributed by atoms with van der Waals surface area (Å²) >= 11 is 1.45. The topological polar surface area (TPSA) is 101 Å². The van der Waals surface area contributed by atoms with Gasteiger partial charge in [-0.3, -0.25) is 4.79 Å². The first-order valence-electron chi connectivity index (χ1n) is 11.6. The molecule has 0 saturated heterocycles. The van der Waals surface area contributed by atoms with Crippen LogP contribution < -0.4 is 15.4 Å². The van der Waals surface area contributed by atoms with Crippen LogP contribution in [-0.2, 0) is 21.4 Å². The van der Waals surface area contributed by atoms with E-state index in [9.17, 15) is 17.6 Å². The summed E-state index contributed by atoms with van der Waals surface area (Å²) in [6.45, 7) is 1.26. The molecule has 8 nitrogen and oxygen atoms in total. The van der Waals surface area contributed by atoms with Gasteiger partial charge in [-0.25, -0.2) is 17.8 Å². The number of nitrogens with one attached hydrogen (secondary N) is 2. The summed E-state index contributed by atoms with van der Waals surface area (Å²) in [7, 11) is -0.785. The minimum Gasteiger partial charge on any atom is -0.495 e. The highest BCUT2D eigenvalue weighted by Gasteiger charge is 2.27. The number of aromatic nitrogens is 1. The Labute approximate surface area is 225 Å². The molecule has 0 bridgehead atoms. The molecule has 4 rings (SSSR count). The van der Waals surface area contributed by atoms with E-state index in [1.165, 1.54) is 54.8 Å². The van der Waals surface area contributed by atoms with E-state index in [2.05, 4.69) is 15.6 Å². The van der Waals surface area contributed by atoms with E-state index in [0.29, 0.717) is 17.0 Å². The van der Waals surface area contributed by atoms with Gasteiger partial charge in [-0.15, -0.1) is 11.3 Å². The van der Waals surface area contributed by atoms with Crippen LogP contribution in [0.4, 0.5) is 15.2 Å². The summed E-state index contributed by atoms with van der Waals surface area (Å²) in [5.41, 5.74) is 3.30. The molecule has 0 spiro atoms. The number of methoxy groups -OCH3 is 1. The van der Waals surface area contributed by atoms with Gasteiger partial charge in [0.1, 0.15) is 11.6 Å². The molecule has 3 aromatic carbocycles. The maximum atomic E-state index is 13.5. The molecule has 0 aliphatic heterocycles. The number of aryl methyl sites for hydroxylation is 1. The molecule has 0 atom stereocenters. The Morgan fingerprint density at radius 3 is 2.42 bits per heavy atom. The number of amides is 1. The van der Waals surface area contributed by atoms with Crippen LogP contribution in [0.1, 0.15) is 11.1 Å². The molecule has 0 aliphatic carbocycles. The number of sulfonamides is 1. The zero-order chi connectivity index (χ0) is 27.3. The molecule has 1 amide bonds. The lowest BCUT2D eigenvalue weighted by molar-refractivity contribution is -0.116. The largest absolute Gasteiger partial charge is 0.495 e. The van der Waals surface area contributed by atoms with Gasteiger partial charge in [0.15, 0.2) is 5.13 Å². The van der Waals surface area contributed by atoms with E-state index in [-0.39, 0.29) is 11.4 Å². The van der Waals surface area contributed by atoms with Crippen molar-refractivity contribution < 1.29 is 22.3 Å². The number of ether oxygens (including phenoxy) is 1. The average molecular weight is 555 g/mol. The molecule has 2 N–H and O–H groups in total. The number of nitrogens with zero attached hydrogens (tertiary/aromatic N) is 2. The number of halogens is 1. The van der Waals surface area contributed by atoms with E-state index >= 15 is 0 Å². The Morgan fingerprint density at radius 2 is 1.79 bits per heavy atom. The second-order valence-electron chi connectivity index (χ2n) is 8.46. The first-order valence-corrected chi connectivity index (χ1v) is 13.9. The van der Waals surface area contributed by atoms with Gasteiger partial charge in [0.2, 0.25) is 15.9 Å². The number of thiazole rings is 1. The Morgan fingerprint density at radius 1 is 1.08 bits per heavy atom. The molecule has 4 aromatic rings. The van der Waals surface area contributed by atoms with E-state index in [1.807, 2.05) is 18.4 Å². The number of rotatable bonds is 10. The lowest BCUT2D eigenvalue weighted by atomic mass is 10.1. The van der Waals surface area contributed by atoms with E-state index in [1.54, 1.807) is 31.3 Å². The molecule has 0 saturated carbocycles. The summed E-state index contributed by atoms with van der Waals surface area (Å²) in [4.78, 5) is 17.8. The van der Waals surface area contributed by atoms with E-state index in [0.717, 1.165) is 26.3 Å². The summed E-state index contributed by atoms with van der Waals surface area (Å²) in [6.07, 6.45) is 0. The monoisotopic (exact) mass is 554 g/mol. The highest BCUT2D eigenvalue weighted by molar-refractivity contribution is 7.89. The summed E-state index contributed by atoms with van der Waals surface area (Å²) in [5, 5.41) is 8.41. The SMILES string of the molecule is CNc1nc(-c2ccc(OC)c(NC(=O)CN(Cc3ccc(F)cc3)S(=O)(=O)c3ccc(C)cc3)c2)cs1. The molecule has 0 aliphatic rings. The van der Waals surface area contributed by atoms with Crippen molar-refractivity contribution in [2.24, 2.45) is 0 Å². The van der Waals surface area contributed by atoms with E-state index < -0.39 is 28.3 Å². The van der Waals surface area contributed by atoms with Gasteiger partial charge in [0, 0.05) is 24.5 Å². The summed E-state index contributed by atoms with van der Waals surface area (Å²) in [5.74, 6) is -0.585. The third-order valence-corrected chi connectivity index (χ3v) is 8.40. The van der Waals surface area contributed by atoms with Crippen LogP contribution in [0.3, 0.4) is 0 Å². The van der Waals surface area contributed by atoms with E-state index in [4.69, 9.17) is 4.74 Å². The Balaban J connectivity index is 1.61. The molecule has 1 heterocycles. The van der Waals surface area contributed by atoms with Crippen molar-refractivity contribution in [1.29, 1.82) is 0 Å². The highest BCUT2D eigenvalue weighted by Crippen LogP contribution is 2.32. The normalized spacial score (nSPS) is 11.4. The lowest BCUT2D eigenvalue weighted by Crippen LogP contribution is -2.37. The van der Waals surface area contributed by atoms with Gasteiger partial charge in [0.25, 0.3) is 0 Å². The quantitative estimate of drug-likeness (QED) is 0.282. The minimum atomic E-state index is -4.05. The second-order valence-corrected chi connectivity index (χ2v) is 11.3. The first-order chi connectivity index (χ1) is 18.2. The lowest BCUT2D eigenvalue weighted by Gasteiger charge is -2.22. The Kier molecular flexibility index (Phi) is 8.40. The fraction of sp³-hybridized carbons (Fsp3) is 0.185. The van der Waals surface area contributed by atoms with Crippen molar-refractivity contribution in [2.45, 2.75) is 18.4 Å².